The molecule has 0 saturated carbocycles. The molecule has 0 aliphatic rings. The zero-order valence-corrected chi connectivity index (χ0v) is 11.6. The normalized spacial score (nSPS) is 10.1. The number of anilines is 1. The molecule has 0 atom stereocenters. The minimum atomic E-state index is -0.398. The molecule has 4 nitrogen and oxygen atoms in total. The van der Waals surface area contributed by atoms with E-state index in [4.69, 9.17) is 15.2 Å². The lowest BCUT2D eigenvalue weighted by atomic mass is 10.1. The predicted octanol–water partition coefficient (Wildman–Crippen LogP) is 2.94. The highest BCUT2D eigenvalue weighted by molar-refractivity contribution is 5.90. The van der Waals surface area contributed by atoms with E-state index in [9.17, 15) is 4.79 Å². The molecule has 104 valence electrons. The van der Waals surface area contributed by atoms with Crippen LogP contribution in [0.25, 0.3) is 0 Å². The first-order valence-electron chi connectivity index (χ1n) is 6.26. The second kappa shape index (κ2) is 6.10. The molecule has 0 bridgehead atoms. The first kappa shape index (κ1) is 13.9. The lowest BCUT2D eigenvalue weighted by molar-refractivity contribution is 0.0472. The van der Waals surface area contributed by atoms with Crippen molar-refractivity contribution in [3.8, 4) is 5.75 Å². The lowest BCUT2D eigenvalue weighted by Crippen LogP contribution is -2.06. The summed E-state index contributed by atoms with van der Waals surface area (Å²) in [5, 5.41) is 0. The van der Waals surface area contributed by atoms with Crippen LogP contribution in [0.5, 0.6) is 5.75 Å². The largest absolute Gasteiger partial charge is 0.495 e. The van der Waals surface area contributed by atoms with Crippen LogP contribution in [0.1, 0.15) is 21.5 Å². The summed E-state index contributed by atoms with van der Waals surface area (Å²) in [5.41, 5.74) is 8.70. The van der Waals surface area contributed by atoms with Gasteiger partial charge in [-0.2, -0.15) is 0 Å². The van der Waals surface area contributed by atoms with Crippen molar-refractivity contribution in [2.45, 2.75) is 13.5 Å². The van der Waals surface area contributed by atoms with Crippen molar-refractivity contribution >= 4 is 11.7 Å². The summed E-state index contributed by atoms with van der Waals surface area (Å²) in [4.78, 5) is 12.0. The Hall–Kier alpha value is -2.49. The van der Waals surface area contributed by atoms with Gasteiger partial charge in [-0.1, -0.05) is 29.8 Å². The molecule has 2 aromatic rings. The summed E-state index contributed by atoms with van der Waals surface area (Å²) in [7, 11) is 1.51. The number of benzene rings is 2. The standard InChI is InChI=1S/C16H17NO3/c1-11-4-3-5-12(8-11)10-20-16(18)13-6-7-14(17)15(9-13)19-2/h3-9H,10,17H2,1-2H3. The van der Waals surface area contributed by atoms with Gasteiger partial charge in [-0.25, -0.2) is 4.79 Å². The van der Waals surface area contributed by atoms with E-state index < -0.39 is 5.97 Å². The average molecular weight is 271 g/mol. The Morgan fingerprint density at radius 2 is 2.00 bits per heavy atom. The Bertz CT molecular complexity index is 623. The Balaban J connectivity index is 2.05. The topological polar surface area (TPSA) is 61.5 Å². The Labute approximate surface area is 118 Å². The molecular formula is C16H17NO3. The second-order valence-corrected chi connectivity index (χ2v) is 4.52. The molecule has 2 rings (SSSR count). The van der Waals surface area contributed by atoms with Crippen molar-refractivity contribution < 1.29 is 14.3 Å². The Kier molecular flexibility index (Phi) is 4.25. The van der Waals surface area contributed by atoms with Crippen LogP contribution in [0.2, 0.25) is 0 Å². The minimum Gasteiger partial charge on any atom is -0.495 e. The second-order valence-electron chi connectivity index (χ2n) is 4.52. The number of methoxy groups -OCH3 is 1. The molecule has 0 aliphatic heterocycles. The Morgan fingerprint density at radius 1 is 1.20 bits per heavy atom. The van der Waals surface area contributed by atoms with Crippen LogP contribution in [0, 0.1) is 6.92 Å². The van der Waals surface area contributed by atoms with Gasteiger partial charge in [0.05, 0.1) is 18.4 Å². The van der Waals surface area contributed by atoms with Crippen molar-refractivity contribution in [3.63, 3.8) is 0 Å². The smallest absolute Gasteiger partial charge is 0.338 e. The van der Waals surface area contributed by atoms with Crippen LogP contribution >= 0.6 is 0 Å². The number of rotatable bonds is 4. The molecule has 0 amide bonds. The summed E-state index contributed by atoms with van der Waals surface area (Å²) in [6.45, 7) is 2.24. The van der Waals surface area contributed by atoms with E-state index in [0.29, 0.717) is 17.0 Å². The van der Waals surface area contributed by atoms with Gasteiger partial charge in [-0.05, 0) is 30.7 Å². The molecule has 0 saturated heterocycles. The fourth-order valence-electron chi connectivity index (χ4n) is 1.87. The molecule has 4 heteroatoms. The maximum absolute atomic E-state index is 12.0. The molecule has 0 spiro atoms. The molecule has 0 radical (unpaired) electrons. The van der Waals surface area contributed by atoms with Crippen LogP contribution in [0.4, 0.5) is 5.69 Å². The van der Waals surface area contributed by atoms with Gasteiger partial charge in [0.2, 0.25) is 0 Å². The summed E-state index contributed by atoms with van der Waals surface area (Å²) >= 11 is 0. The highest BCUT2D eigenvalue weighted by Gasteiger charge is 2.10. The first-order valence-corrected chi connectivity index (χ1v) is 6.26. The molecular weight excluding hydrogens is 254 g/mol. The minimum absolute atomic E-state index is 0.243. The van der Waals surface area contributed by atoms with Crippen LogP contribution in [0.3, 0.4) is 0 Å². The summed E-state index contributed by atoms with van der Waals surface area (Å²) in [6, 6.07) is 12.7. The van der Waals surface area contributed by atoms with Crippen LogP contribution < -0.4 is 10.5 Å². The number of carbonyl (C=O) groups excluding carboxylic acids is 1. The zero-order valence-electron chi connectivity index (χ0n) is 11.6. The first-order chi connectivity index (χ1) is 9.60. The molecule has 0 aromatic heterocycles. The van der Waals surface area contributed by atoms with Gasteiger partial charge >= 0.3 is 5.97 Å². The number of esters is 1. The third-order valence-electron chi connectivity index (χ3n) is 2.92. The van der Waals surface area contributed by atoms with Crippen molar-refractivity contribution in [1.82, 2.24) is 0 Å². The van der Waals surface area contributed by atoms with Gasteiger partial charge < -0.3 is 15.2 Å². The van der Waals surface area contributed by atoms with E-state index in [2.05, 4.69) is 0 Å². The lowest BCUT2D eigenvalue weighted by Gasteiger charge is -2.08. The van der Waals surface area contributed by atoms with Gasteiger partial charge in [0, 0.05) is 0 Å². The molecule has 0 unspecified atom stereocenters. The van der Waals surface area contributed by atoms with Gasteiger partial charge in [0.15, 0.2) is 0 Å². The van der Waals surface area contributed by atoms with E-state index >= 15 is 0 Å². The van der Waals surface area contributed by atoms with Crippen LogP contribution in [-0.2, 0) is 11.3 Å². The predicted molar refractivity (Wildman–Crippen MR) is 77.7 cm³/mol. The van der Waals surface area contributed by atoms with Gasteiger partial charge in [-0.15, -0.1) is 0 Å². The third kappa shape index (κ3) is 3.29. The highest BCUT2D eigenvalue weighted by Crippen LogP contribution is 2.22. The van der Waals surface area contributed by atoms with Gasteiger partial charge in [0.25, 0.3) is 0 Å². The summed E-state index contributed by atoms with van der Waals surface area (Å²) < 4.78 is 10.4. The molecule has 20 heavy (non-hydrogen) atoms. The van der Waals surface area contributed by atoms with E-state index in [-0.39, 0.29) is 6.61 Å². The zero-order chi connectivity index (χ0) is 14.5. The fourth-order valence-corrected chi connectivity index (χ4v) is 1.87. The van der Waals surface area contributed by atoms with Crippen molar-refractivity contribution in [2.75, 3.05) is 12.8 Å². The van der Waals surface area contributed by atoms with E-state index in [1.807, 2.05) is 31.2 Å². The number of hydrogen-bond donors (Lipinski definition) is 1. The third-order valence-corrected chi connectivity index (χ3v) is 2.92. The van der Waals surface area contributed by atoms with E-state index in [1.165, 1.54) is 7.11 Å². The number of aryl methyl sites for hydroxylation is 1. The van der Waals surface area contributed by atoms with Crippen molar-refractivity contribution in [1.29, 1.82) is 0 Å². The number of nitrogen functional groups attached to an aromatic ring is 1. The molecule has 2 N–H and O–H groups in total. The molecule has 2 aromatic carbocycles. The highest BCUT2D eigenvalue weighted by atomic mass is 16.5. The number of hydrogen-bond acceptors (Lipinski definition) is 4. The van der Waals surface area contributed by atoms with Crippen molar-refractivity contribution in [2.24, 2.45) is 0 Å². The van der Waals surface area contributed by atoms with Crippen LogP contribution in [0.15, 0.2) is 42.5 Å². The molecule has 0 heterocycles. The molecule has 0 aliphatic carbocycles. The monoisotopic (exact) mass is 271 g/mol. The van der Waals surface area contributed by atoms with E-state index in [1.54, 1.807) is 18.2 Å². The van der Waals surface area contributed by atoms with E-state index in [0.717, 1.165) is 11.1 Å². The Morgan fingerprint density at radius 3 is 2.70 bits per heavy atom. The number of carbonyl (C=O) groups is 1. The maximum atomic E-state index is 12.0. The van der Waals surface area contributed by atoms with Crippen LogP contribution in [-0.4, -0.2) is 13.1 Å². The van der Waals surface area contributed by atoms with Gasteiger partial charge in [0.1, 0.15) is 12.4 Å². The number of ether oxygens (including phenoxy) is 2. The quantitative estimate of drug-likeness (QED) is 0.686. The SMILES string of the molecule is COc1cc(C(=O)OCc2cccc(C)c2)ccc1N. The fraction of sp³-hybridized carbons (Fsp3) is 0.188. The summed E-state index contributed by atoms with van der Waals surface area (Å²) in [5.74, 6) is 0.0693. The maximum Gasteiger partial charge on any atom is 0.338 e. The molecule has 0 fully saturated rings. The van der Waals surface area contributed by atoms with Gasteiger partial charge in [-0.3, -0.25) is 0 Å². The average Bonchev–Trinajstić information content (AvgIpc) is 2.45. The summed E-state index contributed by atoms with van der Waals surface area (Å²) in [6.07, 6.45) is 0. The number of nitrogens with two attached hydrogens (primary N) is 1. The van der Waals surface area contributed by atoms with Crippen molar-refractivity contribution in [3.05, 3.63) is 59.2 Å².